The molecular weight excluding hydrogens is 240 g/mol. The molecule has 0 atom stereocenters. The molecule has 3 nitrogen and oxygen atoms in total. The maximum Gasteiger partial charge on any atom is 0.332 e. The number of aryl methyl sites for hydroxylation is 1. The second kappa shape index (κ2) is 7.95. The monoisotopic (exact) mass is 262 g/mol. The van der Waals surface area contributed by atoms with Crippen LogP contribution in [0.4, 0.5) is 0 Å². The molecule has 1 fully saturated rings. The molecular formula is C16H22O3. The van der Waals surface area contributed by atoms with Crippen LogP contribution in [0, 0.1) is 0 Å². The molecule has 2 rings (SSSR count). The number of esters is 1. The Hall–Kier alpha value is -1.35. The van der Waals surface area contributed by atoms with E-state index in [4.69, 9.17) is 9.47 Å². The number of ether oxygens (including phenoxy) is 2. The van der Waals surface area contributed by atoms with Gasteiger partial charge in [-0.05, 0) is 31.2 Å². The maximum absolute atomic E-state index is 11.5. The summed E-state index contributed by atoms with van der Waals surface area (Å²) in [6.07, 6.45) is 6.68. The Morgan fingerprint density at radius 1 is 1.16 bits per heavy atom. The molecule has 1 aromatic rings. The summed E-state index contributed by atoms with van der Waals surface area (Å²) in [6, 6.07) is 10.2. The number of carbonyl (C=O) groups is 1. The number of hydrogen-bond donors (Lipinski definition) is 0. The van der Waals surface area contributed by atoms with Crippen LogP contribution >= 0.6 is 0 Å². The summed E-state index contributed by atoms with van der Waals surface area (Å²) in [5.74, 6) is -0.236. The quantitative estimate of drug-likeness (QED) is 0.559. The van der Waals surface area contributed by atoms with E-state index in [1.165, 1.54) is 18.4 Å². The van der Waals surface area contributed by atoms with E-state index >= 15 is 0 Å². The lowest BCUT2D eigenvalue weighted by Crippen LogP contribution is -2.18. The zero-order valence-electron chi connectivity index (χ0n) is 11.3. The number of benzene rings is 1. The summed E-state index contributed by atoms with van der Waals surface area (Å²) in [7, 11) is 0. The molecule has 104 valence electrons. The Labute approximate surface area is 114 Å². The molecule has 0 aromatic heterocycles. The van der Waals surface area contributed by atoms with Crippen molar-refractivity contribution in [2.75, 3.05) is 13.2 Å². The molecule has 1 aliphatic carbocycles. The average Bonchev–Trinajstić information content (AvgIpc) is 2.96. The zero-order valence-corrected chi connectivity index (χ0v) is 11.3. The standard InChI is InChI=1S/C16H22O3/c17-16(13-19-15-10-4-5-11-15)18-12-6-9-14-7-2-1-3-8-14/h1-3,7-8,15H,4-6,9-13H2. The van der Waals surface area contributed by atoms with Crippen molar-refractivity contribution in [1.82, 2.24) is 0 Å². The predicted octanol–water partition coefficient (Wildman–Crippen LogP) is 3.12. The molecule has 0 heterocycles. The smallest absolute Gasteiger partial charge is 0.332 e. The van der Waals surface area contributed by atoms with Gasteiger partial charge in [-0.3, -0.25) is 0 Å². The normalized spacial score (nSPS) is 15.6. The van der Waals surface area contributed by atoms with Crippen molar-refractivity contribution in [2.45, 2.75) is 44.6 Å². The highest BCUT2D eigenvalue weighted by molar-refractivity contribution is 5.70. The Bertz CT molecular complexity index is 369. The van der Waals surface area contributed by atoms with Crippen molar-refractivity contribution in [2.24, 2.45) is 0 Å². The zero-order chi connectivity index (χ0) is 13.3. The lowest BCUT2D eigenvalue weighted by Gasteiger charge is -2.10. The fraction of sp³-hybridized carbons (Fsp3) is 0.562. The Morgan fingerprint density at radius 2 is 1.89 bits per heavy atom. The third-order valence-corrected chi connectivity index (χ3v) is 3.45. The highest BCUT2D eigenvalue weighted by atomic mass is 16.6. The van der Waals surface area contributed by atoms with Crippen LogP contribution in [0.3, 0.4) is 0 Å². The predicted molar refractivity (Wildman–Crippen MR) is 73.9 cm³/mol. The molecule has 0 unspecified atom stereocenters. The van der Waals surface area contributed by atoms with E-state index in [1.807, 2.05) is 18.2 Å². The van der Waals surface area contributed by atoms with Crippen LogP contribution in [0.25, 0.3) is 0 Å². The summed E-state index contributed by atoms with van der Waals surface area (Å²) in [5, 5.41) is 0. The van der Waals surface area contributed by atoms with Crippen molar-refractivity contribution in [1.29, 1.82) is 0 Å². The van der Waals surface area contributed by atoms with E-state index in [-0.39, 0.29) is 18.7 Å². The van der Waals surface area contributed by atoms with Gasteiger partial charge in [0.1, 0.15) is 6.61 Å². The van der Waals surface area contributed by atoms with Gasteiger partial charge in [-0.15, -0.1) is 0 Å². The average molecular weight is 262 g/mol. The van der Waals surface area contributed by atoms with E-state index in [2.05, 4.69) is 12.1 Å². The van der Waals surface area contributed by atoms with E-state index in [0.717, 1.165) is 25.7 Å². The van der Waals surface area contributed by atoms with Gasteiger partial charge in [0.25, 0.3) is 0 Å². The number of carbonyl (C=O) groups excluding carboxylic acids is 1. The Morgan fingerprint density at radius 3 is 2.63 bits per heavy atom. The van der Waals surface area contributed by atoms with Gasteiger partial charge < -0.3 is 9.47 Å². The first kappa shape index (κ1) is 14.1. The van der Waals surface area contributed by atoms with Gasteiger partial charge in [-0.2, -0.15) is 0 Å². The van der Waals surface area contributed by atoms with Gasteiger partial charge >= 0.3 is 5.97 Å². The van der Waals surface area contributed by atoms with Gasteiger partial charge in [0, 0.05) is 0 Å². The summed E-state index contributed by atoms with van der Waals surface area (Å²) in [4.78, 5) is 11.5. The first-order valence-corrected chi connectivity index (χ1v) is 7.16. The SMILES string of the molecule is O=C(COC1CCCC1)OCCCc1ccccc1. The minimum Gasteiger partial charge on any atom is -0.464 e. The fourth-order valence-corrected chi connectivity index (χ4v) is 2.39. The van der Waals surface area contributed by atoms with Crippen LogP contribution < -0.4 is 0 Å². The van der Waals surface area contributed by atoms with Crippen LogP contribution in [0.2, 0.25) is 0 Å². The van der Waals surface area contributed by atoms with Gasteiger partial charge in [0.05, 0.1) is 12.7 Å². The first-order valence-electron chi connectivity index (χ1n) is 7.16. The molecule has 0 spiro atoms. The molecule has 0 radical (unpaired) electrons. The second-order valence-electron chi connectivity index (χ2n) is 5.03. The van der Waals surface area contributed by atoms with Gasteiger partial charge in [0.2, 0.25) is 0 Å². The van der Waals surface area contributed by atoms with Crippen molar-refractivity contribution < 1.29 is 14.3 Å². The van der Waals surface area contributed by atoms with Crippen LogP contribution in [0.15, 0.2) is 30.3 Å². The van der Waals surface area contributed by atoms with Gasteiger partial charge in [-0.25, -0.2) is 4.79 Å². The molecule has 3 heteroatoms. The van der Waals surface area contributed by atoms with E-state index in [9.17, 15) is 4.79 Å². The first-order chi connectivity index (χ1) is 9.34. The molecule has 0 amide bonds. The van der Waals surface area contributed by atoms with Gasteiger partial charge in [0.15, 0.2) is 0 Å². The van der Waals surface area contributed by atoms with E-state index in [1.54, 1.807) is 0 Å². The fourth-order valence-electron chi connectivity index (χ4n) is 2.39. The molecule has 0 aliphatic heterocycles. The van der Waals surface area contributed by atoms with Crippen molar-refractivity contribution in [3.63, 3.8) is 0 Å². The maximum atomic E-state index is 11.5. The summed E-state index contributed by atoms with van der Waals surface area (Å²) in [6.45, 7) is 0.581. The summed E-state index contributed by atoms with van der Waals surface area (Å²) < 4.78 is 10.7. The largest absolute Gasteiger partial charge is 0.464 e. The van der Waals surface area contributed by atoms with Crippen molar-refractivity contribution in [3.05, 3.63) is 35.9 Å². The van der Waals surface area contributed by atoms with Crippen LogP contribution in [-0.4, -0.2) is 25.3 Å². The van der Waals surface area contributed by atoms with E-state index < -0.39 is 0 Å². The molecule has 19 heavy (non-hydrogen) atoms. The van der Waals surface area contributed by atoms with Crippen LogP contribution in [-0.2, 0) is 20.7 Å². The van der Waals surface area contributed by atoms with Gasteiger partial charge in [-0.1, -0.05) is 43.2 Å². The molecule has 0 saturated heterocycles. The minimum absolute atomic E-state index is 0.107. The topological polar surface area (TPSA) is 35.5 Å². The van der Waals surface area contributed by atoms with Crippen LogP contribution in [0.5, 0.6) is 0 Å². The number of hydrogen-bond acceptors (Lipinski definition) is 3. The van der Waals surface area contributed by atoms with Crippen LogP contribution in [0.1, 0.15) is 37.7 Å². The van der Waals surface area contributed by atoms with E-state index in [0.29, 0.717) is 6.61 Å². The highest BCUT2D eigenvalue weighted by Gasteiger charge is 2.16. The Balaban J connectivity index is 1.51. The lowest BCUT2D eigenvalue weighted by molar-refractivity contribution is -0.151. The summed E-state index contributed by atoms with van der Waals surface area (Å²) in [5.41, 5.74) is 1.28. The minimum atomic E-state index is -0.236. The third kappa shape index (κ3) is 5.43. The second-order valence-corrected chi connectivity index (χ2v) is 5.03. The Kier molecular flexibility index (Phi) is 5.89. The molecule has 0 N–H and O–H groups in total. The van der Waals surface area contributed by atoms with Crippen molar-refractivity contribution in [3.8, 4) is 0 Å². The van der Waals surface area contributed by atoms with Crippen molar-refractivity contribution >= 4 is 5.97 Å². The molecule has 1 saturated carbocycles. The lowest BCUT2D eigenvalue weighted by atomic mass is 10.1. The third-order valence-electron chi connectivity index (χ3n) is 3.45. The molecule has 1 aromatic carbocycles. The summed E-state index contributed by atoms with van der Waals surface area (Å²) >= 11 is 0. The molecule has 1 aliphatic rings. The number of rotatable bonds is 7. The highest BCUT2D eigenvalue weighted by Crippen LogP contribution is 2.20. The molecule has 0 bridgehead atoms.